The van der Waals surface area contributed by atoms with Crippen LogP contribution >= 0.6 is 23.4 Å². The quantitative estimate of drug-likeness (QED) is 0.651. The molecule has 7 heteroatoms. The van der Waals surface area contributed by atoms with Crippen LogP contribution in [0.4, 0.5) is 0 Å². The molecule has 0 fully saturated rings. The summed E-state index contributed by atoms with van der Waals surface area (Å²) in [6, 6.07) is 7.43. The predicted molar refractivity (Wildman–Crippen MR) is 67.3 cm³/mol. The van der Waals surface area contributed by atoms with Gasteiger partial charge in [-0.25, -0.2) is 0 Å². The Morgan fingerprint density at radius 2 is 2.06 bits per heavy atom. The standard InChI is InChI=1S/C10H12ClN5S/c11-8-2-4-9(5-3-8)16-10(13-14-15-16)17-7-1-6-12/h2-5H,1,6-7,12H2/p+1. The molecular weight excluding hydrogens is 258 g/mol. The molecule has 0 aliphatic heterocycles. The van der Waals surface area contributed by atoms with Crippen LogP contribution in [-0.2, 0) is 0 Å². The molecule has 17 heavy (non-hydrogen) atoms. The Morgan fingerprint density at radius 3 is 2.76 bits per heavy atom. The Hall–Kier alpha value is -1.11. The van der Waals surface area contributed by atoms with Crippen molar-refractivity contribution >= 4 is 23.4 Å². The van der Waals surface area contributed by atoms with Crippen LogP contribution in [0.5, 0.6) is 0 Å². The zero-order chi connectivity index (χ0) is 12.1. The summed E-state index contributed by atoms with van der Waals surface area (Å²) < 4.78 is 1.71. The molecule has 0 unspecified atom stereocenters. The Kier molecular flexibility index (Phi) is 4.36. The highest BCUT2D eigenvalue weighted by molar-refractivity contribution is 7.99. The third-order valence-corrected chi connectivity index (χ3v) is 3.40. The lowest BCUT2D eigenvalue weighted by molar-refractivity contribution is -0.367. The van der Waals surface area contributed by atoms with Crippen molar-refractivity contribution in [3.63, 3.8) is 0 Å². The van der Waals surface area contributed by atoms with E-state index in [-0.39, 0.29) is 0 Å². The molecule has 5 nitrogen and oxygen atoms in total. The number of benzene rings is 1. The second kappa shape index (κ2) is 6.00. The fourth-order valence-electron chi connectivity index (χ4n) is 1.28. The number of rotatable bonds is 5. The summed E-state index contributed by atoms with van der Waals surface area (Å²) >= 11 is 7.47. The lowest BCUT2D eigenvalue weighted by Crippen LogP contribution is -2.50. The minimum atomic E-state index is 0.702. The number of hydrogen-bond donors (Lipinski definition) is 1. The summed E-state index contributed by atoms with van der Waals surface area (Å²) in [5.41, 5.74) is 4.72. The van der Waals surface area contributed by atoms with Gasteiger partial charge in [-0.3, -0.25) is 0 Å². The van der Waals surface area contributed by atoms with Crippen LogP contribution in [0.1, 0.15) is 6.42 Å². The van der Waals surface area contributed by atoms with Gasteiger partial charge in [0.05, 0.1) is 12.2 Å². The van der Waals surface area contributed by atoms with Crippen molar-refractivity contribution in [3.05, 3.63) is 29.3 Å². The van der Waals surface area contributed by atoms with Crippen LogP contribution < -0.4 is 5.73 Å². The average molecular weight is 271 g/mol. The molecule has 0 bridgehead atoms. The smallest absolute Gasteiger partial charge is 0.214 e. The first-order valence-corrected chi connectivity index (χ1v) is 6.64. The second-order valence-corrected chi connectivity index (χ2v) is 4.90. The van der Waals surface area contributed by atoms with E-state index in [1.807, 2.05) is 24.3 Å². The minimum absolute atomic E-state index is 0.702. The van der Waals surface area contributed by atoms with Gasteiger partial charge in [-0.05, 0) is 34.7 Å². The third kappa shape index (κ3) is 3.18. The lowest BCUT2D eigenvalue weighted by Gasteiger charge is -2.03. The Bertz CT molecular complexity index is 470. The zero-order valence-electron chi connectivity index (χ0n) is 9.21. The number of quaternary nitrogens is 1. The number of tetrazole rings is 1. The second-order valence-electron chi connectivity index (χ2n) is 3.41. The van der Waals surface area contributed by atoms with E-state index in [0.29, 0.717) is 5.02 Å². The van der Waals surface area contributed by atoms with Crippen molar-refractivity contribution in [2.24, 2.45) is 0 Å². The summed E-state index contributed by atoms with van der Waals surface area (Å²) in [7, 11) is 0. The van der Waals surface area contributed by atoms with E-state index in [4.69, 9.17) is 11.6 Å². The van der Waals surface area contributed by atoms with Crippen LogP contribution in [-0.4, -0.2) is 32.5 Å². The number of thioether (sulfide) groups is 1. The Labute approximate surface area is 108 Å². The number of halogens is 1. The van der Waals surface area contributed by atoms with Gasteiger partial charge in [-0.2, -0.15) is 4.68 Å². The highest BCUT2D eigenvalue weighted by atomic mass is 35.5. The molecule has 90 valence electrons. The molecule has 0 atom stereocenters. The van der Waals surface area contributed by atoms with E-state index in [0.717, 1.165) is 29.6 Å². The first kappa shape index (κ1) is 12.3. The monoisotopic (exact) mass is 270 g/mol. The van der Waals surface area contributed by atoms with Gasteiger partial charge in [-0.1, -0.05) is 23.4 Å². The maximum absolute atomic E-state index is 5.84. The van der Waals surface area contributed by atoms with Crippen LogP contribution in [0.3, 0.4) is 0 Å². The first-order valence-electron chi connectivity index (χ1n) is 5.27. The van der Waals surface area contributed by atoms with Gasteiger partial charge in [0.15, 0.2) is 0 Å². The summed E-state index contributed by atoms with van der Waals surface area (Å²) in [4.78, 5) is 0. The molecule has 0 aliphatic rings. The highest BCUT2D eigenvalue weighted by Gasteiger charge is 2.08. The van der Waals surface area contributed by atoms with Crippen LogP contribution in [0, 0.1) is 0 Å². The fourth-order valence-corrected chi connectivity index (χ4v) is 2.29. The normalized spacial score (nSPS) is 10.7. The summed E-state index contributed by atoms with van der Waals surface area (Å²) in [6.45, 7) is 0.926. The molecule has 0 spiro atoms. The molecule has 3 N–H and O–H groups in total. The van der Waals surface area contributed by atoms with Gasteiger partial charge in [0.25, 0.3) is 0 Å². The minimum Gasteiger partial charge on any atom is -0.358 e. The first-order chi connectivity index (χ1) is 8.31. The van der Waals surface area contributed by atoms with Crippen molar-refractivity contribution in [3.8, 4) is 5.69 Å². The molecule has 0 amide bonds. The van der Waals surface area contributed by atoms with Gasteiger partial charge < -0.3 is 5.73 Å². The Balaban J connectivity index is 2.15. The molecular formula is C10H13ClN5S+. The van der Waals surface area contributed by atoms with E-state index in [1.54, 1.807) is 16.4 Å². The van der Waals surface area contributed by atoms with E-state index in [9.17, 15) is 0 Å². The van der Waals surface area contributed by atoms with Crippen LogP contribution in [0.15, 0.2) is 29.4 Å². The van der Waals surface area contributed by atoms with Crippen molar-refractivity contribution in [1.29, 1.82) is 0 Å². The maximum atomic E-state index is 5.84. The van der Waals surface area contributed by atoms with Crippen LogP contribution in [0.2, 0.25) is 5.02 Å². The molecule has 0 saturated heterocycles. The fraction of sp³-hybridized carbons (Fsp3) is 0.300. The summed E-state index contributed by atoms with van der Waals surface area (Å²) in [5, 5.41) is 13.2. The Morgan fingerprint density at radius 1 is 1.29 bits per heavy atom. The van der Waals surface area contributed by atoms with Gasteiger partial charge in [-0.15, -0.1) is 5.10 Å². The van der Waals surface area contributed by atoms with Crippen molar-refractivity contribution in [2.75, 3.05) is 12.3 Å². The molecule has 0 radical (unpaired) electrons. The van der Waals surface area contributed by atoms with Gasteiger partial charge in [0, 0.05) is 17.2 Å². The molecule has 2 rings (SSSR count). The molecule has 1 heterocycles. The molecule has 1 aromatic heterocycles. The van der Waals surface area contributed by atoms with Gasteiger partial charge in [0.2, 0.25) is 5.16 Å². The third-order valence-electron chi connectivity index (χ3n) is 2.14. The number of nitrogens with zero attached hydrogens (tertiary/aromatic N) is 4. The molecule has 0 saturated carbocycles. The van der Waals surface area contributed by atoms with Crippen molar-refractivity contribution in [1.82, 2.24) is 20.2 Å². The lowest BCUT2D eigenvalue weighted by atomic mass is 10.3. The van der Waals surface area contributed by atoms with Crippen molar-refractivity contribution in [2.45, 2.75) is 11.6 Å². The molecule has 2 aromatic rings. The maximum Gasteiger partial charge on any atom is 0.214 e. The summed E-state index contributed by atoms with van der Waals surface area (Å²) in [5.74, 6) is 0.970. The number of aromatic nitrogens is 4. The van der Waals surface area contributed by atoms with E-state index in [1.165, 1.54) is 0 Å². The van der Waals surface area contributed by atoms with Gasteiger partial charge >= 0.3 is 0 Å². The zero-order valence-corrected chi connectivity index (χ0v) is 10.8. The van der Waals surface area contributed by atoms with Gasteiger partial charge in [0.1, 0.15) is 0 Å². The molecule has 0 aliphatic carbocycles. The van der Waals surface area contributed by atoms with E-state index < -0.39 is 0 Å². The van der Waals surface area contributed by atoms with E-state index >= 15 is 0 Å². The highest BCUT2D eigenvalue weighted by Crippen LogP contribution is 2.19. The number of hydrogen-bond acceptors (Lipinski definition) is 4. The summed E-state index contributed by atoms with van der Waals surface area (Å²) in [6.07, 6.45) is 1.05. The van der Waals surface area contributed by atoms with E-state index in [2.05, 4.69) is 21.3 Å². The van der Waals surface area contributed by atoms with Crippen LogP contribution in [0.25, 0.3) is 5.69 Å². The average Bonchev–Trinajstić information content (AvgIpc) is 2.79. The topological polar surface area (TPSA) is 71.2 Å². The SMILES string of the molecule is [NH3+]CCCSc1nnnn1-c1ccc(Cl)cc1. The predicted octanol–water partition coefficient (Wildman–Crippen LogP) is 1.04. The van der Waals surface area contributed by atoms with Crippen molar-refractivity contribution < 1.29 is 5.73 Å². The largest absolute Gasteiger partial charge is 0.358 e. The molecule has 1 aromatic carbocycles.